The van der Waals surface area contributed by atoms with Gasteiger partial charge in [-0.05, 0) is 46.9 Å². The van der Waals surface area contributed by atoms with Crippen LogP contribution in [0.5, 0.6) is 11.5 Å². The molecule has 1 aromatic heterocycles. The molecule has 3 aromatic carbocycles. The van der Waals surface area contributed by atoms with Gasteiger partial charge in [0.2, 0.25) is 0 Å². The number of hydrogen-bond donors (Lipinski definition) is 1. The van der Waals surface area contributed by atoms with Gasteiger partial charge in [0.05, 0.1) is 20.8 Å². The highest BCUT2D eigenvalue weighted by atomic mass is 16.5. The Morgan fingerprint density at radius 2 is 1.39 bits per heavy atom. The molecule has 0 amide bonds. The van der Waals surface area contributed by atoms with Crippen molar-refractivity contribution in [1.29, 1.82) is 0 Å². The molecular formula is C31H35NO4. The van der Waals surface area contributed by atoms with E-state index in [-0.39, 0.29) is 0 Å². The maximum Gasteiger partial charge on any atom is 0.173 e. The largest absolute Gasteiger partial charge is 0.493 e. The minimum absolute atomic E-state index is 0.477. The Morgan fingerprint density at radius 3 is 1.94 bits per heavy atom. The lowest BCUT2D eigenvalue weighted by Crippen LogP contribution is -2.28. The van der Waals surface area contributed by atoms with Crippen molar-refractivity contribution in [3.63, 3.8) is 0 Å². The number of ether oxygens (including phenoxy) is 2. The Labute approximate surface area is 213 Å². The molecule has 0 saturated heterocycles. The van der Waals surface area contributed by atoms with Crippen LogP contribution in [0.15, 0.2) is 95.4 Å². The van der Waals surface area contributed by atoms with Gasteiger partial charge >= 0.3 is 0 Å². The van der Waals surface area contributed by atoms with Crippen molar-refractivity contribution < 1.29 is 19.0 Å². The highest BCUT2D eigenvalue weighted by Gasteiger charge is 2.37. The van der Waals surface area contributed by atoms with Crippen LogP contribution in [-0.4, -0.2) is 30.8 Å². The van der Waals surface area contributed by atoms with Crippen LogP contribution in [0.3, 0.4) is 0 Å². The van der Waals surface area contributed by atoms with Gasteiger partial charge in [0.15, 0.2) is 17.1 Å². The third kappa shape index (κ3) is 5.64. The summed E-state index contributed by atoms with van der Waals surface area (Å²) >= 11 is 0. The highest BCUT2D eigenvalue weighted by Crippen LogP contribution is 2.37. The van der Waals surface area contributed by atoms with Gasteiger partial charge in [0, 0.05) is 13.1 Å². The summed E-state index contributed by atoms with van der Waals surface area (Å²) in [5, 5.41) is 12.0. The first-order chi connectivity index (χ1) is 17.4. The standard InChI is InChI=1S/C31H35NO4/c1-23(2)20-32(21-24-15-17-28(34-3)29(19-24)35-4)22-27-16-18-30(36-27)31(33,25-11-7-5-8-12-25)26-13-9-6-10-14-26/h5-19,23,33H,20-22H2,1-4H3. The lowest BCUT2D eigenvalue weighted by molar-refractivity contribution is 0.0948. The van der Waals surface area contributed by atoms with Gasteiger partial charge in [-0.15, -0.1) is 0 Å². The molecule has 1 heterocycles. The van der Waals surface area contributed by atoms with Gasteiger partial charge in [-0.2, -0.15) is 0 Å². The van der Waals surface area contributed by atoms with E-state index in [1.807, 2.05) is 84.9 Å². The first-order valence-corrected chi connectivity index (χ1v) is 12.3. The van der Waals surface area contributed by atoms with Gasteiger partial charge in [-0.3, -0.25) is 4.90 Å². The van der Waals surface area contributed by atoms with Crippen LogP contribution in [0.1, 0.15) is 42.1 Å². The summed E-state index contributed by atoms with van der Waals surface area (Å²) in [6, 6.07) is 29.2. The normalized spacial score (nSPS) is 11.8. The number of nitrogens with zero attached hydrogens (tertiary/aromatic N) is 1. The van der Waals surface area contributed by atoms with Crippen molar-refractivity contribution in [2.24, 2.45) is 5.92 Å². The summed E-state index contributed by atoms with van der Waals surface area (Å²) in [5.74, 6) is 3.22. The number of methoxy groups -OCH3 is 2. The molecule has 0 fully saturated rings. The van der Waals surface area contributed by atoms with Gasteiger partial charge in [-0.1, -0.05) is 80.6 Å². The maximum absolute atomic E-state index is 12.0. The summed E-state index contributed by atoms with van der Waals surface area (Å²) < 4.78 is 17.2. The Bertz CT molecular complexity index is 1190. The molecule has 5 nitrogen and oxygen atoms in total. The highest BCUT2D eigenvalue weighted by molar-refractivity contribution is 5.44. The van der Waals surface area contributed by atoms with Crippen molar-refractivity contribution in [2.45, 2.75) is 32.5 Å². The number of furan rings is 1. The van der Waals surface area contributed by atoms with Crippen molar-refractivity contribution in [1.82, 2.24) is 4.90 Å². The van der Waals surface area contributed by atoms with E-state index in [1.54, 1.807) is 14.2 Å². The second-order valence-corrected chi connectivity index (χ2v) is 9.46. The molecule has 36 heavy (non-hydrogen) atoms. The number of hydrogen-bond acceptors (Lipinski definition) is 5. The molecule has 4 rings (SSSR count). The molecule has 0 atom stereocenters. The summed E-state index contributed by atoms with van der Waals surface area (Å²) in [6.07, 6.45) is 0. The van der Waals surface area contributed by atoms with Gasteiger partial charge in [-0.25, -0.2) is 0 Å². The SMILES string of the molecule is COc1ccc(CN(Cc2ccc(C(O)(c3ccccc3)c3ccccc3)o2)CC(C)C)cc1OC. The molecule has 0 unspecified atom stereocenters. The smallest absolute Gasteiger partial charge is 0.173 e. The Balaban J connectivity index is 1.62. The van der Waals surface area contributed by atoms with Gasteiger partial charge in [0.25, 0.3) is 0 Å². The first-order valence-electron chi connectivity index (χ1n) is 12.3. The van der Waals surface area contributed by atoms with Crippen LogP contribution in [0.4, 0.5) is 0 Å². The number of aliphatic hydroxyl groups is 1. The quantitative estimate of drug-likeness (QED) is 0.273. The molecule has 0 aliphatic heterocycles. The number of rotatable bonds is 11. The second kappa shape index (κ2) is 11.5. The van der Waals surface area contributed by atoms with Crippen molar-refractivity contribution >= 4 is 0 Å². The van der Waals surface area contributed by atoms with Crippen molar-refractivity contribution in [3.8, 4) is 11.5 Å². The zero-order chi connectivity index (χ0) is 25.5. The van der Waals surface area contributed by atoms with E-state index in [0.717, 1.165) is 41.3 Å². The van der Waals surface area contributed by atoms with Crippen LogP contribution in [0, 0.1) is 5.92 Å². The predicted molar refractivity (Wildman–Crippen MR) is 142 cm³/mol. The molecule has 5 heteroatoms. The first kappa shape index (κ1) is 25.5. The monoisotopic (exact) mass is 485 g/mol. The van der Waals surface area contributed by atoms with Crippen LogP contribution < -0.4 is 9.47 Å². The molecule has 0 saturated carbocycles. The third-order valence-electron chi connectivity index (χ3n) is 6.26. The lowest BCUT2D eigenvalue weighted by Gasteiger charge is -2.27. The molecule has 0 aliphatic rings. The molecule has 188 valence electrons. The zero-order valence-electron chi connectivity index (χ0n) is 21.5. The molecule has 0 bridgehead atoms. The molecule has 0 aliphatic carbocycles. The van der Waals surface area contributed by atoms with Gasteiger partial charge in [0.1, 0.15) is 11.5 Å². The fourth-order valence-electron chi connectivity index (χ4n) is 4.63. The molecular weight excluding hydrogens is 450 g/mol. The zero-order valence-corrected chi connectivity index (χ0v) is 21.5. The fourth-order valence-corrected chi connectivity index (χ4v) is 4.63. The molecule has 4 aromatic rings. The fraction of sp³-hybridized carbons (Fsp3) is 0.290. The minimum atomic E-state index is -1.38. The van der Waals surface area contributed by atoms with E-state index in [4.69, 9.17) is 13.9 Å². The predicted octanol–water partition coefficient (Wildman–Crippen LogP) is 6.24. The van der Waals surface area contributed by atoms with Gasteiger partial charge < -0.3 is 19.0 Å². The van der Waals surface area contributed by atoms with Crippen molar-refractivity contribution in [2.75, 3.05) is 20.8 Å². The number of benzene rings is 3. The summed E-state index contributed by atoms with van der Waals surface area (Å²) in [4.78, 5) is 2.35. The van der Waals surface area contributed by atoms with Crippen LogP contribution in [0.2, 0.25) is 0 Å². The summed E-state index contributed by atoms with van der Waals surface area (Å²) in [5.41, 5.74) is 1.28. The molecule has 1 N–H and O–H groups in total. The van der Waals surface area contributed by atoms with Crippen molar-refractivity contribution in [3.05, 3.63) is 119 Å². The molecule has 0 spiro atoms. The van der Waals surface area contributed by atoms with E-state index < -0.39 is 5.60 Å². The Morgan fingerprint density at radius 1 is 0.778 bits per heavy atom. The van der Waals surface area contributed by atoms with E-state index in [0.29, 0.717) is 24.0 Å². The minimum Gasteiger partial charge on any atom is -0.493 e. The summed E-state index contributed by atoms with van der Waals surface area (Å²) in [7, 11) is 3.29. The van der Waals surface area contributed by atoms with E-state index in [9.17, 15) is 5.11 Å². The Hall–Kier alpha value is -3.54. The van der Waals surface area contributed by atoms with E-state index in [1.165, 1.54) is 0 Å². The van der Waals surface area contributed by atoms with Crippen LogP contribution in [-0.2, 0) is 18.7 Å². The van der Waals surface area contributed by atoms with E-state index >= 15 is 0 Å². The average Bonchev–Trinajstić information content (AvgIpc) is 3.37. The summed E-state index contributed by atoms with van der Waals surface area (Å²) in [6.45, 7) is 6.66. The second-order valence-electron chi connectivity index (χ2n) is 9.46. The molecule has 0 radical (unpaired) electrons. The average molecular weight is 486 g/mol. The Kier molecular flexibility index (Phi) is 8.14. The maximum atomic E-state index is 12.0. The van der Waals surface area contributed by atoms with E-state index in [2.05, 4.69) is 24.8 Å². The topological polar surface area (TPSA) is 55.1 Å². The lowest BCUT2D eigenvalue weighted by atomic mass is 9.84. The van der Waals surface area contributed by atoms with Crippen LogP contribution >= 0.6 is 0 Å². The third-order valence-corrected chi connectivity index (χ3v) is 6.26. The van der Waals surface area contributed by atoms with Crippen LogP contribution in [0.25, 0.3) is 0 Å².